The molecule has 2 aromatic heterocycles. The van der Waals surface area contributed by atoms with Crippen molar-refractivity contribution in [3.05, 3.63) is 33.3 Å². The minimum Gasteiger partial charge on any atom is -0.370 e. The minimum atomic E-state index is -0.279. The molecule has 0 saturated carbocycles. The highest BCUT2D eigenvalue weighted by atomic mass is 32.2. The third kappa shape index (κ3) is 2.45. The van der Waals surface area contributed by atoms with E-state index >= 15 is 0 Å². The highest BCUT2D eigenvalue weighted by Gasteiger charge is 2.30. The number of rotatable bonds is 3. The van der Waals surface area contributed by atoms with Crippen molar-refractivity contribution in [2.45, 2.75) is 44.2 Å². The van der Waals surface area contributed by atoms with Gasteiger partial charge in [-0.05, 0) is 20.1 Å². The Labute approximate surface area is 131 Å². The molecule has 0 unspecified atom stereocenters. The van der Waals surface area contributed by atoms with Crippen LogP contribution in [0, 0.1) is 0 Å². The Morgan fingerprint density at radius 1 is 1.57 bits per heavy atom. The number of allylic oxidation sites excluding steroid dienone is 1. The van der Waals surface area contributed by atoms with E-state index in [1.54, 1.807) is 23.1 Å². The van der Waals surface area contributed by atoms with Crippen molar-refractivity contribution in [1.82, 2.24) is 9.55 Å². The van der Waals surface area contributed by atoms with Crippen molar-refractivity contribution in [3.8, 4) is 0 Å². The second kappa shape index (κ2) is 5.26. The number of hydrogen-bond donors (Lipinski definition) is 0. The molecule has 3 rings (SSSR count). The van der Waals surface area contributed by atoms with Crippen LogP contribution in [0.4, 0.5) is 0 Å². The largest absolute Gasteiger partial charge is 0.370 e. The standard InChI is InChI=1S/C15H18N2O2S2/c1-5-6-17-13-11(16-14(17)20-4)12(18)9-7-15(2,3)19-8-10(9)21-13/h5H,1,6-8H2,2-4H3. The summed E-state index contributed by atoms with van der Waals surface area (Å²) in [6, 6.07) is 0. The maximum absolute atomic E-state index is 12.8. The molecule has 0 bridgehead atoms. The molecule has 0 spiro atoms. The fraction of sp³-hybridized carbons (Fsp3) is 0.467. The summed E-state index contributed by atoms with van der Waals surface area (Å²) in [4.78, 5) is 19.3. The average Bonchev–Trinajstić information content (AvgIpc) is 2.79. The second-order valence-electron chi connectivity index (χ2n) is 5.71. The summed E-state index contributed by atoms with van der Waals surface area (Å²) in [5.74, 6) is 0. The first-order valence-corrected chi connectivity index (χ1v) is 8.85. The van der Waals surface area contributed by atoms with E-state index in [1.807, 2.05) is 26.2 Å². The summed E-state index contributed by atoms with van der Waals surface area (Å²) in [6.45, 7) is 9.00. The molecule has 1 aliphatic heterocycles. The maximum Gasteiger partial charge on any atom is 0.211 e. The summed E-state index contributed by atoms with van der Waals surface area (Å²) in [7, 11) is 0. The van der Waals surface area contributed by atoms with Gasteiger partial charge in [-0.2, -0.15) is 0 Å². The van der Waals surface area contributed by atoms with Gasteiger partial charge in [0.1, 0.15) is 10.3 Å². The van der Waals surface area contributed by atoms with Gasteiger partial charge in [-0.25, -0.2) is 4.98 Å². The predicted molar refractivity (Wildman–Crippen MR) is 88.4 cm³/mol. The van der Waals surface area contributed by atoms with Gasteiger partial charge < -0.3 is 9.30 Å². The molecular weight excluding hydrogens is 304 g/mol. The van der Waals surface area contributed by atoms with E-state index in [9.17, 15) is 4.79 Å². The van der Waals surface area contributed by atoms with Crippen LogP contribution >= 0.6 is 23.1 Å². The monoisotopic (exact) mass is 322 g/mol. The lowest BCUT2D eigenvalue weighted by atomic mass is 9.96. The van der Waals surface area contributed by atoms with Crippen molar-refractivity contribution in [2.24, 2.45) is 0 Å². The summed E-state index contributed by atoms with van der Waals surface area (Å²) >= 11 is 3.17. The number of thioether (sulfide) groups is 1. The molecule has 1 aliphatic rings. The van der Waals surface area contributed by atoms with E-state index < -0.39 is 0 Å². The smallest absolute Gasteiger partial charge is 0.211 e. The molecule has 0 saturated heterocycles. The molecule has 4 nitrogen and oxygen atoms in total. The van der Waals surface area contributed by atoms with E-state index in [0.29, 0.717) is 25.1 Å². The second-order valence-corrected chi connectivity index (χ2v) is 7.57. The van der Waals surface area contributed by atoms with Gasteiger partial charge in [-0.1, -0.05) is 17.8 Å². The molecule has 0 N–H and O–H groups in total. The van der Waals surface area contributed by atoms with Gasteiger partial charge in [-0.15, -0.1) is 17.9 Å². The molecule has 0 aromatic carbocycles. The maximum atomic E-state index is 12.8. The van der Waals surface area contributed by atoms with Gasteiger partial charge in [0.2, 0.25) is 5.43 Å². The summed E-state index contributed by atoms with van der Waals surface area (Å²) in [6.07, 6.45) is 4.45. The zero-order valence-electron chi connectivity index (χ0n) is 12.4. The molecule has 2 aromatic rings. The van der Waals surface area contributed by atoms with Gasteiger partial charge in [-0.3, -0.25) is 4.79 Å². The Bertz CT molecular complexity index is 774. The van der Waals surface area contributed by atoms with E-state index in [4.69, 9.17) is 4.74 Å². The third-order valence-electron chi connectivity index (χ3n) is 3.62. The van der Waals surface area contributed by atoms with Crippen LogP contribution in [0.1, 0.15) is 24.3 Å². The predicted octanol–water partition coefficient (Wildman–Crippen LogP) is 3.22. The van der Waals surface area contributed by atoms with Crippen molar-refractivity contribution in [2.75, 3.05) is 6.26 Å². The van der Waals surface area contributed by atoms with Crippen molar-refractivity contribution in [1.29, 1.82) is 0 Å². The topological polar surface area (TPSA) is 44.1 Å². The lowest BCUT2D eigenvalue weighted by Gasteiger charge is -2.30. The van der Waals surface area contributed by atoms with E-state index in [1.165, 1.54) is 0 Å². The highest BCUT2D eigenvalue weighted by Crippen LogP contribution is 2.33. The Morgan fingerprint density at radius 2 is 2.33 bits per heavy atom. The van der Waals surface area contributed by atoms with E-state index in [2.05, 4.69) is 16.1 Å². The molecule has 6 heteroatoms. The molecular formula is C15H18N2O2S2. The number of nitrogens with zero attached hydrogens (tertiary/aromatic N) is 2. The lowest BCUT2D eigenvalue weighted by molar-refractivity contribution is -0.0386. The summed E-state index contributed by atoms with van der Waals surface area (Å²) in [5.41, 5.74) is 1.24. The zero-order chi connectivity index (χ0) is 15.2. The van der Waals surface area contributed by atoms with Crippen LogP contribution in [-0.4, -0.2) is 21.4 Å². The molecule has 0 amide bonds. The molecule has 112 valence electrons. The number of hydrogen-bond acceptors (Lipinski definition) is 5. The van der Waals surface area contributed by atoms with Crippen LogP contribution in [0.3, 0.4) is 0 Å². The number of ether oxygens (including phenoxy) is 1. The highest BCUT2D eigenvalue weighted by molar-refractivity contribution is 7.98. The minimum absolute atomic E-state index is 0.0632. The lowest BCUT2D eigenvalue weighted by Crippen LogP contribution is -2.34. The van der Waals surface area contributed by atoms with Gasteiger partial charge in [0, 0.05) is 23.4 Å². The quantitative estimate of drug-likeness (QED) is 0.643. The third-order valence-corrected chi connectivity index (χ3v) is 5.52. The summed E-state index contributed by atoms with van der Waals surface area (Å²) in [5, 5.41) is 0.862. The number of imidazole rings is 1. The van der Waals surface area contributed by atoms with Crippen LogP contribution < -0.4 is 5.43 Å². The first kappa shape index (κ1) is 14.8. The Kier molecular flexibility index (Phi) is 3.71. The van der Waals surface area contributed by atoms with Crippen LogP contribution in [0.25, 0.3) is 10.3 Å². The van der Waals surface area contributed by atoms with Gasteiger partial charge in [0.25, 0.3) is 0 Å². The van der Waals surface area contributed by atoms with Crippen LogP contribution in [0.5, 0.6) is 0 Å². The molecule has 0 fully saturated rings. The zero-order valence-corrected chi connectivity index (χ0v) is 14.1. The Morgan fingerprint density at radius 3 is 3.00 bits per heavy atom. The molecule has 0 radical (unpaired) electrons. The van der Waals surface area contributed by atoms with Crippen molar-refractivity contribution < 1.29 is 4.74 Å². The first-order valence-electron chi connectivity index (χ1n) is 6.81. The Balaban J connectivity index is 2.28. The number of aromatic nitrogens is 2. The van der Waals surface area contributed by atoms with E-state index in [0.717, 1.165) is 20.4 Å². The van der Waals surface area contributed by atoms with Gasteiger partial charge >= 0.3 is 0 Å². The molecule has 0 atom stereocenters. The molecule has 3 heterocycles. The first-order chi connectivity index (χ1) is 9.96. The summed E-state index contributed by atoms with van der Waals surface area (Å²) < 4.78 is 7.90. The van der Waals surface area contributed by atoms with Crippen molar-refractivity contribution >= 4 is 33.4 Å². The van der Waals surface area contributed by atoms with Crippen LogP contribution in [0.2, 0.25) is 0 Å². The van der Waals surface area contributed by atoms with Crippen LogP contribution in [0.15, 0.2) is 22.6 Å². The fourth-order valence-electron chi connectivity index (χ4n) is 2.60. The normalized spacial score (nSPS) is 16.9. The Hall–Kier alpha value is -1.11. The average molecular weight is 322 g/mol. The molecule has 21 heavy (non-hydrogen) atoms. The van der Waals surface area contributed by atoms with Gasteiger partial charge in [0.15, 0.2) is 5.16 Å². The van der Waals surface area contributed by atoms with Gasteiger partial charge in [0.05, 0.1) is 12.2 Å². The van der Waals surface area contributed by atoms with E-state index in [-0.39, 0.29) is 11.0 Å². The van der Waals surface area contributed by atoms with Crippen LogP contribution in [-0.2, 0) is 24.3 Å². The fourth-order valence-corrected chi connectivity index (χ4v) is 4.37. The number of fused-ring (bicyclic) bond motifs is 2. The SMILES string of the molecule is C=CCn1c(SC)nc2c(=O)c3c(sc21)COC(C)(C)C3. The molecule has 0 aliphatic carbocycles. The van der Waals surface area contributed by atoms with Crippen molar-refractivity contribution in [3.63, 3.8) is 0 Å².